The summed E-state index contributed by atoms with van der Waals surface area (Å²) in [5.74, 6) is 0.289. The van der Waals surface area contributed by atoms with E-state index in [1.165, 1.54) is 0 Å². The maximum atomic E-state index is 13.0. The van der Waals surface area contributed by atoms with E-state index in [1.807, 2.05) is 24.3 Å². The molecule has 2 aromatic heterocycles. The Morgan fingerprint density at radius 2 is 1.89 bits per heavy atom. The lowest BCUT2D eigenvalue weighted by molar-refractivity contribution is 0.102. The van der Waals surface area contributed by atoms with Gasteiger partial charge in [-0.15, -0.1) is 10.2 Å². The van der Waals surface area contributed by atoms with Crippen LogP contribution in [0.4, 0.5) is 5.69 Å². The highest BCUT2D eigenvalue weighted by molar-refractivity contribution is 6.07. The Hall–Kier alpha value is -3.94. The molecule has 0 spiro atoms. The van der Waals surface area contributed by atoms with Gasteiger partial charge in [0, 0.05) is 12.4 Å². The highest BCUT2D eigenvalue weighted by Crippen LogP contribution is 2.28. The number of hydrogen-bond donors (Lipinski definition) is 1. The van der Waals surface area contributed by atoms with E-state index in [2.05, 4.69) is 20.6 Å². The Balaban J connectivity index is 1.69. The summed E-state index contributed by atoms with van der Waals surface area (Å²) in [6.45, 7) is 0. The zero-order valence-corrected chi connectivity index (χ0v) is 14.5. The van der Waals surface area contributed by atoms with Gasteiger partial charge in [0.2, 0.25) is 0 Å². The number of anilines is 1. The van der Waals surface area contributed by atoms with E-state index < -0.39 is 0 Å². The molecule has 0 bridgehead atoms. The van der Waals surface area contributed by atoms with Crippen LogP contribution < -0.4 is 10.1 Å². The smallest absolute Gasteiger partial charge is 0.257 e. The van der Waals surface area contributed by atoms with Gasteiger partial charge in [-0.1, -0.05) is 12.1 Å². The first-order chi connectivity index (χ1) is 13.3. The number of carbonyl (C=O) groups excluding carboxylic acids is 1. The summed E-state index contributed by atoms with van der Waals surface area (Å²) in [4.78, 5) is 13.0. The third-order valence-electron chi connectivity index (χ3n) is 4.05. The third-order valence-corrected chi connectivity index (χ3v) is 4.05. The van der Waals surface area contributed by atoms with Crippen molar-refractivity contribution in [3.63, 3.8) is 0 Å². The minimum Gasteiger partial charge on any atom is -0.495 e. The number of aromatic nitrogens is 5. The average molecular weight is 360 g/mol. The molecule has 0 fully saturated rings. The number of ether oxygens (including phenoxy) is 1. The number of para-hydroxylation sites is 1. The SMILES string of the molecule is COc1ccc(-n2cnnc2)cc1NC(=O)c1ccccc1-n1cccn1. The van der Waals surface area contributed by atoms with E-state index in [-0.39, 0.29) is 5.91 Å². The van der Waals surface area contributed by atoms with E-state index in [0.29, 0.717) is 22.7 Å². The number of benzene rings is 2. The van der Waals surface area contributed by atoms with Crippen molar-refractivity contribution >= 4 is 11.6 Å². The van der Waals surface area contributed by atoms with Crippen molar-refractivity contribution in [2.45, 2.75) is 0 Å². The molecule has 27 heavy (non-hydrogen) atoms. The summed E-state index contributed by atoms with van der Waals surface area (Å²) in [6.07, 6.45) is 6.63. The first kappa shape index (κ1) is 16.5. The zero-order chi connectivity index (χ0) is 18.6. The highest BCUT2D eigenvalue weighted by atomic mass is 16.5. The van der Waals surface area contributed by atoms with E-state index in [9.17, 15) is 4.79 Å². The van der Waals surface area contributed by atoms with E-state index in [1.54, 1.807) is 65.7 Å². The van der Waals surface area contributed by atoms with Crippen molar-refractivity contribution in [1.82, 2.24) is 24.5 Å². The van der Waals surface area contributed by atoms with Gasteiger partial charge in [0.1, 0.15) is 18.4 Å². The van der Waals surface area contributed by atoms with E-state index in [0.717, 1.165) is 5.69 Å². The molecule has 0 radical (unpaired) electrons. The van der Waals surface area contributed by atoms with Crippen molar-refractivity contribution in [2.75, 3.05) is 12.4 Å². The number of carbonyl (C=O) groups is 1. The van der Waals surface area contributed by atoms with E-state index in [4.69, 9.17) is 4.74 Å². The molecule has 8 nitrogen and oxygen atoms in total. The van der Waals surface area contributed by atoms with Gasteiger partial charge in [0.25, 0.3) is 5.91 Å². The summed E-state index contributed by atoms with van der Waals surface area (Å²) in [5, 5.41) is 14.7. The lowest BCUT2D eigenvalue weighted by Crippen LogP contribution is -2.16. The minimum absolute atomic E-state index is 0.264. The molecule has 134 valence electrons. The number of rotatable bonds is 5. The maximum absolute atomic E-state index is 13.0. The second kappa shape index (κ2) is 7.12. The Labute approximate surface area is 155 Å². The second-order valence-electron chi connectivity index (χ2n) is 5.68. The molecular formula is C19H16N6O2. The molecule has 2 heterocycles. The highest BCUT2D eigenvalue weighted by Gasteiger charge is 2.15. The molecule has 4 rings (SSSR count). The first-order valence-electron chi connectivity index (χ1n) is 8.19. The molecule has 0 aliphatic rings. The summed E-state index contributed by atoms with van der Waals surface area (Å²) in [7, 11) is 1.56. The Bertz CT molecular complexity index is 1060. The Morgan fingerprint density at radius 1 is 1.07 bits per heavy atom. The molecule has 0 aliphatic heterocycles. The van der Waals surface area contributed by atoms with Crippen molar-refractivity contribution in [2.24, 2.45) is 0 Å². The van der Waals surface area contributed by atoms with Crippen molar-refractivity contribution in [1.29, 1.82) is 0 Å². The van der Waals surface area contributed by atoms with Crippen LogP contribution in [0.2, 0.25) is 0 Å². The number of amides is 1. The lowest BCUT2D eigenvalue weighted by atomic mass is 10.1. The number of nitrogens with zero attached hydrogens (tertiary/aromatic N) is 5. The van der Waals surface area contributed by atoms with Crippen LogP contribution in [0.1, 0.15) is 10.4 Å². The van der Waals surface area contributed by atoms with Crippen molar-refractivity contribution < 1.29 is 9.53 Å². The van der Waals surface area contributed by atoms with Gasteiger partial charge in [-0.2, -0.15) is 5.10 Å². The molecule has 0 aliphatic carbocycles. The van der Waals surface area contributed by atoms with Gasteiger partial charge in [0.05, 0.1) is 29.7 Å². The fourth-order valence-corrected chi connectivity index (χ4v) is 2.75. The molecule has 0 atom stereocenters. The lowest BCUT2D eigenvalue weighted by Gasteiger charge is -2.14. The molecule has 0 unspecified atom stereocenters. The van der Waals surface area contributed by atoms with Crippen LogP contribution in [0.25, 0.3) is 11.4 Å². The summed E-state index contributed by atoms with van der Waals surface area (Å²) in [6, 6.07) is 14.5. The molecule has 4 aromatic rings. The summed E-state index contributed by atoms with van der Waals surface area (Å²) >= 11 is 0. The topological polar surface area (TPSA) is 86.9 Å². The predicted molar refractivity (Wildman–Crippen MR) is 99.4 cm³/mol. The number of methoxy groups -OCH3 is 1. The minimum atomic E-state index is -0.264. The van der Waals surface area contributed by atoms with Gasteiger partial charge in [-0.05, 0) is 36.4 Å². The van der Waals surface area contributed by atoms with Crippen LogP contribution in [-0.4, -0.2) is 37.6 Å². The second-order valence-corrected chi connectivity index (χ2v) is 5.68. The fraction of sp³-hybridized carbons (Fsp3) is 0.0526. The molecule has 2 aromatic carbocycles. The van der Waals surface area contributed by atoms with Crippen LogP contribution in [-0.2, 0) is 0 Å². The van der Waals surface area contributed by atoms with Gasteiger partial charge in [-0.25, -0.2) is 4.68 Å². The number of hydrogen-bond acceptors (Lipinski definition) is 5. The zero-order valence-electron chi connectivity index (χ0n) is 14.5. The Morgan fingerprint density at radius 3 is 2.63 bits per heavy atom. The van der Waals surface area contributed by atoms with Gasteiger partial charge < -0.3 is 10.1 Å². The maximum Gasteiger partial charge on any atom is 0.257 e. The van der Waals surface area contributed by atoms with Gasteiger partial charge in [-0.3, -0.25) is 9.36 Å². The largest absolute Gasteiger partial charge is 0.495 e. The summed E-state index contributed by atoms with van der Waals surface area (Å²) in [5.41, 5.74) is 2.53. The summed E-state index contributed by atoms with van der Waals surface area (Å²) < 4.78 is 8.78. The average Bonchev–Trinajstić information content (AvgIpc) is 3.42. The standard InChI is InChI=1S/C19H16N6O2/c1-27-18-8-7-14(24-12-20-21-13-24)11-16(18)23-19(26)15-5-2-3-6-17(15)25-10-4-9-22-25/h2-13H,1H3,(H,23,26). The van der Waals surface area contributed by atoms with Gasteiger partial charge >= 0.3 is 0 Å². The quantitative estimate of drug-likeness (QED) is 0.591. The predicted octanol–water partition coefficient (Wildman–Crippen LogP) is 2.71. The van der Waals surface area contributed by atoms with Crippen molar-refractivity contribution in [3.8, 4) is 17.1 Å². The molecule has 1 amide bonds. The van der Waals surface area contributed by atoms with Crippen LogP contribution in [0.3, 0.4) is 0 Å². The molecule has 0 saturated carbocycles. The first-order valence-corrected chi connectivity index (χ1v) is 8.19. The molecule has 1 N–H and O–H groups in total. The van der Waals surface area contributed by atoms with Gasteiger partial charge in [0.15, 0.2) is 0 Å². The fourth-order valence-electron chi connectivity index (χ4n) is 2.75. The van der Waals surface area contributed by atoms with Crippen LogP contribution in [0.15, 0.2) is 73.6 Å². The number of nitrogens with one attached hydrogen (secondary N) is 1. The van der Waals surface area contributed by atoms with Crippen LogP contribution in [0.5, 0.6) is 5.75 Å². The molecular weight excluding hydrogens is 344 g/mol. The third kappa shape index (κ3) is 3.28. The van der Waals surface area contributed by atoms with Crippen LogP contribution in [0, 0.1) is 0 Å². The normalized spacial score (nSPS) is 10.6. The monoisotopic (exact) mass is 360 g/mol. The van der Waals surface area contributed by atoms with E-state index >= 15 is 0 Å². The molecule has 0 saturated heterocycles. The Kier molecular flexibility index (Phi) is 4.36. The van der Waals surface area contributed by atoms with Crippen LogP contribution >= 0.6 is 0 Å². The molecule has 8 heteroatoms. The van der Waals surface area contributed by atoms with Crippen molar-refractivity contribution in [3.05, 3.63) is 79.1 Å².